The van der Waals surface area contributed by atoms with Crippen molar-refractivity contribution < 1.29 is 42.8 Å². The second-order valence-corrected chi connectivity index (χ2v) is 7.48. The van der Waals surface area contributed by atoms with Gasteiger partial charge in [-0.05, 0) is 19.3 Å². The normalized spacial score (nSPS) is 36.4. The Kier molecular flexibility index (Phi) is 5.60. The van der Waals surface area contributed by atoms with Crippen LogP contribution in [0.25, 0.3) is 0 Å². The molecular formula is C18H24O9. The van der Waals surface area contributed by atoms with E-state index in [1.54, 1.807) is 0 Å². The number of ether oxygens (including phenoxy) is 6. The first-order chi connectivity index (χ1) is 13.1. The number of carbonyl (C=O) groups is 3. The van der Waals surface area contributed by atoms with Crippen LogP contribution in [0.15, 0.2) is 0 Å². The third-order valence-corrected chi connectivity index (χ3v) is 5.23. The van der Waals surface area contributed by atoms with Gasteiger partial charge in [-0.1, -0.05) is 0 Å². The van der Waals surface area contributed by atoms with Crippen molar-refractivity contribution >= 4 is 17.9 Å². The highest BCUT2D eigenvalue weighted by atomic mass is 16.6. The third kappa shape index (κ3) is 5.40. The van der Waals surface area contributed by atoms with Crippen molar-refractivity contribution in [3.8, 4) is 0 Å². The highest BCUT2D eigenvalue weighted by molar-refractivity contribution is 5.84. The summed E-state index contributed by atoms with van der Waals surface area (Å²) in [6.45, 7) is 2.36. The summed E-state index contributed by atoms with van der Waals surface area (Å²) >= 11 is 0. The average molecular weight is 384 g/mol. The van der Waals surface area contributed by atoms with Crippen molar-refractivity contribution in [1.82, 2.24) is 0 Å². The number of epoxide rings is 3. The molecule has 0 amide bonds. The summed E-state index contributed by atoms with van der Waals surface area (Å²) in [6.07, 6.45) is 0.957. The predicted octanol–water partition coefficient (Wildman–Crippen LogP) is -0.155. The molecule has 0 aromatic carbocycles. The molecule has 0 aromatic heterocycles. The second kappa shape index (κ2) is 8.12. The van der Waals surface area contributed by atoms with Crippen molar-refractivity contribution in [3.63, 3.8) is 0 Å². The first kappa shape index (κ1) is 18.6. The number of hydrogen-bond acceptors (Lipinski definition) is 9. The van der Waals surface area contributed by atoms with Crippen LogP contribution in [0.1, 0.15) is 19.3 Å². The van der Waals surface area contributed by atoms with Gasteiger partial charge in [0.05, 0.1) is 37.6 Å². The molecule has 4 fully saturated rings. The van der Waals surface area contributed by atoms with Crippen LogP contribution < -0.4 is 0 Å². The number of hydrogen-bond donors (Lipinski definition) is 0. The van der Waals surface area contributed by atoms with Crippen LogP contribution in [0.5, 0.6) is 0 Å². The van der Waals surface area contributed by atoms with E-state index in [9.17, 15) is 14.4 Å². The zero-order valence-corrected chi connectivity index (χ0v) is 15.0. The Hall–Kier alpha value is -1.71. The lowest BCUT2D eigenvalue weighted by Gasteiger charge is -2.32. The Labute approximate surface area is 156 Å². The maximum absolute atomic E-state index is 12.6. The van der Waals surface area contributed by atoms with Gasteiger partial charge in [-0.25, -0.2) is 0 Å². The van der Waals surface area contributed by atoms with E-state index in [1.807, 2.05) is 0 Å². The van der Waals surface area contributed by atoms with Crippen molar-refractivity contribution in [2.75, 3.05) is 39.6 Å². The lowest BCUT2D eigenvalue weighted by atomic mass is 9.74. The lowest BCUT2D eigenvalue weighted by molar-refractivity contribution is -0.167. The molecule has 3 aliphatic heterocycles. The first-order valence-corrected chi connectivity index (χ1v) is 9.45. The van der Waals surface area contributed by atoms with Gasteiger partial charge in [0.1, 0.15) is 38.1 Å². The molecule has 0 spiro atoms. The zero-order valence-electron chi connectivity index (χ0n) is 15.0. The average Bonchev–Trinajstić information content (AvgIpc) is 3.54. The Morgan fingerprint density at radius 1 is 0.667 bits per heavy atom. The molecule has 3 saturated heterocycles. The molecule has 9 nitrogen and oxygen atoms in total. The predicted molar refractivity (Wildman–Crippen MR) is 86.4 cm³/mol. The maximum atomic E-state index is 12.6. The Balaban J connectivity index is 1.34. The number of esters is 3. The van der Waals surface area contributed by atoms with Crippen molar-refractivity contribution in [3.05, 3.63) is 0 Å². The molecule has 4 aliphatic rings. The fourth-order valence-electron chi connectivity index (χ4n) is 3.28. The van der Waals surface area contributed by atoms with E-state index in [2.05, 4.69) is 0 Å². The van der Waals surface area contributed by atoms with Crippen LogP contribution in [0.4, 0.5) is 0 Å². The molecular weight excluding hydrogens is 360 g/mol. The smallest absolute Gasteiger partial charge is 0.309 e. The van der Waals surface area contributed by atoms with Crippen LogP contribution in [0, 0.1) is 17.8 Å². The summed E-state index contributed by atoms with van der Waals surface area (Å²) in [5.41, 5.74) is 0. The van der Waals surface area contributed by atoms with Crippen molar-refractivity contribution in [2.45, 2.75) is 37.6 Å². The van der Waals surface area contributed by atoms with E-state index in [-0.39, 0.29) is 50.5 Å². The molecule has 1 saturated carbocycles. The van der Waals surface area contributed by atoms with E-state index in [4.69, 9.17) is 28.4 Å². The Morgan fingerprint density at radius 3 is 1.59 bits per heavy atom. The van der Waals surface area contributed by atoms with Gasteiger partial charge >= 0.3 is 17.9 Å². The highest BCUT2D eigenvalue weighted by Gasteiger charge is 2.44. The van der Waals surface area contributed by atoms with Gasteiger partial charge in [-0.15, -0.1) is 0 Å². The fraction of sp³-hybridized carbons (Fsp3) is 0.833. The molecule has 0 radical (unpaired) electrons. The maximum Gasteiger partial charge on any atom is 0.309 e. The highest BCUT2D eigenvalue weighted by Crippen LogP contribution is 2.37. The van der Waals surface area contributed by atoms with Gasteiger partial charge in [0.2, 0.25) is 0 Å². The van der Waals surface area contributed by atoms with E-state index in [1.165, 1.54) is 0 Å². The summed E-state index contributed by atoms with van der Waals surface area (Å²) in [7, 11) is 0. The molecule has 0 aromatic rings. The van der Waals surface area contributed by atoms with E-state index < -0.39 is 29.7 Å². The molecule has 6 unspecified atom stereocenters. The van der Waals surface area contributed by atoms with Crippen LogP contribution in [0.3, 0.4) is 0 Å². The summed E-state index contributed by atoms with van der Waals surface area (Å²) in [6, 6.07) is 0. The zero-order chi connectivity index (χ0) is 18.8. The molecule has 27 heavy (non-hydrogen) atoms. The number of carbonyl (C=O) groups excluding carboxylic acids is 3. The van der Waals surface area contributed by atoms with Crippen molar-refractivity contribution in [1.29, 1.82) is 0 Å². The first-order valence-electron chi connectivity index (χ1n) is 9.45. The minimum Gasteiger partial charge on any atom is -0.463 e. The molecule has 6 atom stereocenters. The molecule has 150 valence electrons. The van der Waals surface area contributed by atoms with E-state index in [0.29, 0.717) is 32.7 Å². The molecule has 1 aliphatic carbocycles. The summed E-state index contributed by atoms with van der Waals surface area (Å²) in [4.78, 5) is 37.3. The summed E-state index contributed by atoms with van der Waals surface area (Å²) < 4.78 is 30.9. The topological polar surface area (TPSA) is 116 Å². The Morgan fingerprint density at radius 2 is 1.11 bits per heavy atom. The van der Waals surface area contributed by atoms with Crippen molar-refractivity contribution in [2.24, 2.45) is 17.8 Å². The van der Waals surface area contributed by atoms with E-state index in [0.717, 1.165) is 0 Å². The third-order valence-electron chi connectivity index (χ3n) is 5.23. The molecule has 4 rings (SSSR count). The molecule has 0 N–H and O–H groups in total. The standard InChI is InChI=1S/C18H24O9/c19-16(25-7-11-4-22-11)10-1-2-14(17(20)26-8-12-5-23-12)15(3-10)18(21)27-9-13-6-24-13/h10-15H,1-9H2. The van der Waals surface area contributed by atoms with Gasteiger partial charge in [0.25, 0.3) is 0 Å². The van der Waals surface area contributed by atoms with Crippen LogP contribution in [-0.4, -0.2) is 75.9 Å². The van der Waals surface area contributed by atoms with Gasteiger partial charge in [0.15, 0.2) is 0 Å². The molecule has 9 heteroatoms. The second-order valence-electron chi connectivity index (χ2n) is 7.48. The quantitative estimate of drug-likeness (QED) is 0.304. The van der Waals surface area contributed by atoms with Gasteiger partial charge in [-0.3, -0.25) is 14.4 Å². The molecule has 0 bridgehead atoms. The summed E-state index contributed by atoms with van der Waals surface area (Å²) in [5.74, 6) is -3.06. The van der Waals surface area contributed by atoms with Gasteiger partial charge in [0, 0.05) is 0 Å². The largest absolute Gasteiger partial charge is 0.463 e. The monoisotopic (exact) mass is 384 g/mol. The fourth-order valence-corrected chi connectivity index (χ4v) is 3.28. The van der Waals surface area contributed by atoms with Gasteiger partial charge < -0.3 is 28.4 Å². The van der Waals surface area contributed by atoms with Crippen LogP contribution in [-0.2, 0) is 42.8 Å². The van der Waals surface area contributed by atoms with Crippen LogP contribution in [0.2, 0.25) is 0 Å². The van der Waals surface area contributed by atoms with Gasteiger partial charge in [-0.2, -0.15) is 0 Å². The minimum absolute atomic E-state index is 0.00999. The minimum atomic E-state index is -0.722. The van der Waals surface area contributed by atoms with E-state index >= 15 is 0 Å². The summed E-state index contributed by atoms with van der Waals surface area (Å²) in [5, 5.41) is 0. The lowest BCUT2D eigenvalue weighted by Crippen LogP contribution is -2.40. The Bertz CT molecular complexity index is 579. The molecule has 3 heterocycles. The SMILES string of the molecule is O=C(OCC1CO1)C1CCC(C(=O)OCC2CO2)C(C(=O)OCC2CO2)C1. The van der Waals surface area contributed by atoms with Crippen LogP contribution >= 0.6 is 0 Å². The number of rotatable bonds is 9.